The number of benzene rings is 1. The van der Waals surface area contributed by atoms with Crippen LogP contribution in [0.15, 0.2) is 24.3 Å². The fourth-order valence-corrected chi connectivity index (χ4v) is 2.82. The third-order valence-electron chi connectivity index (χ3n) is 4.16. The minimum Gasteiger partial charge on any atom is -0.489 e. The summed E-state index contributed by atoms with van der Waals surface area (Å²) in [5, 5.41) is 0. The van der Waals surface area contributed by atoms with Crippen molar-refractivity contribution in [1.82, 2.24) is 0 Å². The third-order valence-corrected chi connectivity index (χ3v) is 4.16. The van der Waals surface area contributed by atoms with Gasteiger partial charge in [-0.3, -0.25) is 0 Å². The van der Waals surface area contributed by atoms with Crippen LogP contribution in [-0.2, 0) is 6.42 Å². The lowest BCUT2D eigenvalue weighted by Crippen LogP contribution is -2.43. The number of hydrogen-bond donors (Lipinski definition) is 1. The summed E-state index contributed by atoms with van der Waals surface area (Å²) in [6.45, 7) is 4.43. The van der Waals surface area contributed by atoms with E-state index in [0.29, 0.717) is 0 Å². The molecule has 1 aliphatic rings. The first-order valence-corrected chi connectivity index (χ1v) is 7.24. The molecule has 2 rings (SSSR count). The number of nitrogens with two attached hydrogens (primary N) is 1. The highest BCUT2D eigenvalue weighted by Crippen LogP contribution is 2.30. The van der Waals surface area contributed by atoms with Crippen molar-refractivity contribution in [2.45, 2.75) is 58.1 Å². The Balaban J connectivity index is 2.07. The highest BCUT2D eigenvalue weighted by atomic mass is 16.5. The van der Waals surface area contributed by atoms with E-state index in [9.17, 15) is 0 Å². The molecule has 1 fully saturated rings. The molecule has 2 nitrogen and oxygen atoms in total. The van der Waals surface area contributed by atoms with E-state index in [4.69, 9.17) is 10.5 Å². The molecule has 0 bridgehead atoms. The molecule has 0 aromatic heterocycles. The second-order valence-corrected chi connectivity index (χ2v) is 5.37. The van der Waals surface area contributed by atoms with Crippen LogP contribution in [-0.4, -0.2) is 12.1 Å². The minimum absolute atomic E-state index is 0.191. The minimum atomic E-state index is 0.191. The van der Waals surface area contributed by atoms with Crippen molar-refractivity contribution in [3.63, 3.8) is 0 Å². The van der Waals surface area contributed by atoms with Gasteiger partial charge in [-0.2, -0.15) is 0 Å². The molecule has 0 amide bonds. The lowest BCUT2D eigenvalue weighted by molar-refractivity contribution is 0.100. The summed E-state index contributed by atoms with van der Waals surface area (Å²) in [6.07, 6.45) is 5.90. The molecule has 1 aromatic rings. The van der Waals surface area contributed by atoms with Crippen LogP contribution in [0.5, 0.6) is 5.75 Å². The van der Waals surface area contributed by atoms with Crippen LogP contribution in [0.2, 0.25) is 0 Å². The highest BCUT2D eigenvalue weighted by molar-refractivity contribution is 5.33. The summed E-state index contributed by atoms with van der Waals surface area (Å²) in [7, 11) is 0. The van der Waals surface area contributed by atoms with Crippen LogP contribution in [0, 0.1) is 5.92 Å². The van der Waals surface area contributed by atoms with Gasteiger partial charge in [0, 0.05) is 6.04 Å². The van der Waals surface area contributed by atoms with Crippen LogP contribution in [0.4, 0.5) is 0 Å². The van der Waals surface area contributed by atoms with Crippen LogP contribution in [0.25, 0.3) is 0 Å². The summed E-state index contributed by atoms with van der Waals surface area (Å²) in [4.78, 5) is 0. The zero-order valence-electron chi connectivity index (χ0n) is 11.6. The van der Waals surface area contributed by atoms with Gasteiger partial charge in [0.05, 0.1) is 0 Å². The molecule has 2 heteroatoms. The zero-order chi connectivity index (χ0) is 13.0. The van der Waals surface area contributed by atoms with Gasteiger partial charge in [-0.05, 0) is 43.2 Å². The summed E-state index contributed by atoms with van der Waals surface area (Å²) in [6, 6.07) is 8.52. The molecule has 18 heavy (non-hydrogen) atoms. The van der Waals surface area contributed by atoms with Gasteiger partial charge in [-0.15, -0.1) is 0 Å². The van der Waals surface area contributed by atoms with E-state index in [1.165, 1.54) is 18.4 Å². The monoisotopic (exact) mass is 247 g/mol. The maximum absolute atomic E-state index is 6.21. The van der Waals surface area contributed by atoms with E-state index in [0.717, 1.165) is 30.9 Å². The van der Waals surface area contributed by atoms with E-state index in [-0.39, 0.29) is 12.1 Å². The fraction of sp³-hybridized carbons (Fsp3) is 0.625. The number of aryl methyl sites for hydroxylation is 1. The fourth-order valence-electron chi connectivity index (χ4n) is 2.82. The van der Waals surface area contributed by atoms with Gasteiger partial charge in [0.25, 0.3) is 0 Å². The van der Waals surface area contributed by atoms with Gasteiger partial charge < -0.3 is 10.5 Å². The van der Waals surface area contributed by atoms with E-state index < -0.39 is 0 Å². The quantitative estimate of drug-likeness (QED) is 0.883. The Morgan fingerprint density at radius 1 is 1.22 bits per heavy atom. The Labute approximate surface area is 111 Å². The maximum atomic E-state index is 6.21. The Morgan fingerprint density at radius 3 is 2.72 bits per heavy atom. The Hall–Kier alpha value is -1.02. The molecule has 2 N–H and O–H groups in total. The summed E-state index contributed by atoms with van der Waals surface area (Å²) in [5.41, 5.74) is 7.49. The van der Waals surface area contributed by atoms with Crippen LogP contribution < -0.4 is 10.5 Å². The van der Waals surface area contributed by atoms with Gasteiger partial charge >= 0.3 is 0 Å². The molecule has 3 atom stereocenters. The van der Waals surface area contributed by atoms with E-state index in [1.807, 2.05) is 6.07 Å². The van der Waals surface area contributed by atoms with Crippen molar-refractivity contribution < 1.29 is 4.74 Å². The predicted octanol–water partition coefficient (Wildman–Crippen LogP) is 3.53. The van der Waals surface area contributed by atoms with Gasteiger partial charge in [0.1, 0.15) is 11.9 Å². The molecule has 3 unspecified atom stereocenters. The molecule has 0 heterocycles. The molecule has 0 spiro atoms. The molecule has 1 aliphatic carbocycles. The first-order chi connectivity index (χ1) is 8.74. The molecular formula is C16H25NO. The normalized spacial score (nSPS) is 28.1. The topological polar surface area (TPSA) is 35.2 Å². The molecule has 0 aliphatic heterocycles. The summed E-state index contributed by atoms with van der Waals surface area (Å²) >= 11 is 0. The van der Waals surface area contributed by atoms with E-state index in [2.05, 4.69) is 32.0 Å². The Bertz CT molecular complexity index is 377. The van der Waals surface area contributed by atoms with Crippen molar-refractivity contribution in [3.05, 3.63) is 29.8 Å². The van der Waals surface area contributed by atoms with Crippen LogP contribution in [0.3, 0.4) is 0 Å². The SMILES string of the molecule is CCc1ccccc1OC1CC(CC)CCC1N. The number of rotatable bonds is 4. The number of ether oxygens (including phenoxy) is 1. The lowest BCUT2D eigenvalue weighted by atomic mass is 9.83. The van der Waals surface area contributed by atoms with Gasteiger partial charge in [0.2, 0.25) is 0 Å². The van der Waals surface area contributed by atoms with Gasteiger partial charge in [0.15, 0.2) is 0 Å². The van der Waals surface area contributed by atoms with Gasteiger partial charge in [-0.1, -0.05) is 38.5 Å². The molecule has 0 saturated heterocycles. The van der Waals surface area contributed by atoms with E-state index >= 15 is 0 Å². The predicted molar refractivity (Wildman–Crippen MR) is 75.8 cm³/mol. The lowest BCUT2D eigenvalue weighted by Gasteiger charge is -2.34. The third kappa shape index (κ3) is 3.05. The largest absolute Gasteiger partial charge is 0.489 e. The average Bonchev–Trinajstić information content (AvgIpc) is 2.42. The first-order valence-electron chi connectivity index (χ1n) is 7.24. The summed E-state index contributed by atoms with van der Waals surface area (Å²) < 4.78 is 6.20. The standard InChI is InChI=1S/C16H25NO/c1-3-12-9-10-14(17)16(11-12)18-15-8-6-5-7-13(15)4-2/h5-8,12,14,16H,3-4,9-11,17H2,1-2H3. The first kappa shape index (κ1) is 13.4. The van der Waals surface area contributed by atoms with Crippen molar-refractivity contribution in [2.75, 3.05) is 0 Å². The molecule has 0 radical (unpaired) electrons. The number of hydrogen-bond acceptors (Lipinski definition) is 2. The Kier molecular flexibility index (Phi) is 4.65. The second kappa shape index (κ2) is 6.24. The van der Waals surface area contributed by atoms with Gasteiger partial charge in [-0.25, -0.2) is 0 Å². The number of para-hydroxylation sites is 1. The summed E-state index contributed by atoms with van der Waals surface area (Å²) in [5.74, 6) is 1.81. The van der Waals surface area contributed by atoms with Crippen LogP contribution in [0.1, 0.15) is 45.1 Å². The zero-order valence-corrected chi connectivity index (χ0v) is 11.6. The smallest absolute Gasteiger partial charge is 0.122 e. The maximum Gasteiger partial charge on any atom is 0.122 e. The van der Waals surface area contributed by atoms with Crippen molar-refractivity contribution in [2.24, 2.45) is 11.7 Å². The average molecular weight is 247 g/mol. The molecule has 100 valence electrons. The molecular weight excluding hydrogens is 222 g/mol. The van der Waals surface area contributed by atoms with Crippen molar-refractivity contribution in [1.29, 1.82) is 0 Å². The molecule has 1 saturated carbocycles. The van der Waals surface area contributed by atoms with Crippen LogP contribution >= 0.6 is 0 Å². The Morgan fingerprint density at radius 2 is 2.00 bits per heavy atom. The van der Waals surface area contributed by atoms with Crippen molar-refractivity contribution in [3.8, 4) is 5.75 Å². The second-order valence-electron chi connectivity index (χ2n) is 5.37. The van der Waals surface area contributed by atoms with E-state index in [1.54, 1.807) is 0 Å². The molecule has 1 aromatic carbocycles. The highest BCUT2D eigenvalue weighted by Gasteiger charge is 2.29. The van der Waals surface area contributed by atoms with Crippen molar-refractivity contribution >= 4 is 0 Å².